The van der Waals surface area contributed by atoms with E-state index >= 15 is 0 Å². The maximum absolute atomic E-state index is 11.9. The van der Waals surface area contributed by atoms with Crippen LogP contribution < -0.4 is 0 Å². The molecule has 5 atom stereocenters. The van der Waals surface area contributed by atoms with Crippen LogP contribution in [-0.4, -0.2) is 11.6 Å². The fourth-order valence-electron chi connectivity index (χ4n) is 6.58. The van der Waals surface area contributed by atoms with Crippen molar-refractivity contribution in [3.05, 3.63) is 12.7 Å². The maximum Gasteiger partial charge on any atom is 0.330 e. The van der Waals surface area contributed by atoms with E-state index in [0.29, 0.717) is 11.3 Å². The van der Waals surface area contributed by atoms with E-state index in [-0.39, 0.29) is 17.0 Å². The van der Waals surface area contributed by atoms with Gasteiger partial charge in [0.05, 0.1) is 0 Å². The second-order valence-corrected chi connectivity index (χ2v) is 8.61. The normalized spacial score (nSPS) is 47.5. The van der Waals surface area contributed by atoms with E-state index in [0.717, 1.165) is 18.3 Å². The molecule has 2 bridgehead atoms. The summed E-state index contributed by atoms with van der Waals surface area (Å²) >= 11 is 0. The summed E-state index contributed by atoms with van der Waals surface area (Å²) in [6, 6.07) is 0. The number of carbonyl (C=O) groups excluding carboxylic acids is 1. The van der Waals surface area contributed by atoms with Crippen molar-refractivity contribution in [2.75, 3.05) is 0 Å². The molecule has 1 spiro atoms. The van der Waals surface area contributed by atoms with Gasteiger partial charge in [-0.2, -0.15) is 0 Å². The van der Waals surface area contributed by atoms with Crippen molar-refractivity contribution in [3.8, 4) is 0 Å². The van der Waals surface area contributed by atoms with E-state index in [2.05, 4.69) is 34.3 Å². The van der Waals surface area contributed by atoms with E-state index in [1.807, 2.05) is 0 Å². The topological polar surface area (TPSA) is 26.3 Å². The molecule has 0 aliphatic heterocycles. The lowest BCUT2D eigenvalue weighted by atomic mass is 9.51. The van der Waals surface area contributed by atoms with Gasteiger partial charge in [0.25, 0.3) is 0 Å². The first kappa shape index (κ1) is 15.1. The first-order chi connectivity index (χ1) is 9.76. The van der Waals surface area contributed by atoms with Gasteiger partial charge in [-0.25, -0.2) is 4.79 Å². The average molecular weight is 290 g/mol. The van der Waals surface area contributed by atoms with Crippen LogP contribution in [0.2, 0.25) is 0 Å². The summed E-state index contributed by atoms with van der Waals surface area (Å²) in [6.07, 6.45) is 8.82. The number of hydrogen-bond donors (Lipinski definition) is 0. The van der Waals surface area contributed by atoms with Gasteiger partial charge >= 0.3 is 5.97 Å². The fourth-order valence-corrected chi connectivity index (χ4v) is 6.58. The third-order valence-corrected chi connectivity index (χ3v) is 7.58. The van der Waals surface area contributed by atoms with Crippen LogP contribution >= 0.6 is 0 Å². The van der Waals surface area contributed by atoms with Crippen LogP contribution in [0.15, 0.2) is 12.7 Å². The minimum Gasteiger partial charge on any atom is -0.456 e. The zero-order valence-electron chi connectivity index (χ0n) is 14.1. The molecule has 0 radical (unpaired) electrons. The molecule has 0 saturated heterocycles. The molecular formula is C19H30O2. The van der Waals surface area contributed by atoms with Crippen molar-refractivity contribution in [1.29, 1.82) is 0 Å². The highest BCUT2D eigenvalue weighted by Crippen LogP contribution is 2.70. The molecule has 118 valence electrons. The van der Waals surface area contributed by atoms with E-state index in [1.54, 1.807) is 0 Å². The molecule has 4 fully saturated rings. The number of rotatable bonds is 2. The zero-order valence-corrected chi connectivity index (χ0v) is 14.1. The van der Waals surface area contributed by atoms with Crippen molar-refractivity contribution >= 4 is 5.97 Å². The van der Waals surface area contributed by atoms with Crippen LogP contribution in [0.5, 0.6) is 0 Å². The Labute approximate surface area is 129 Å². The highest BCUT2D eigenvalue weighted by atomic mass is 16.6. The molecule has 5 unspecified atom stereocenters. The molecule has 0 aromatic carbocycles. The maximum atomic E-state index is 11.9. The summed E-state index contributed by atoms with van der Waals surface area (Å²) in [4.78, 5) is 11.9. The van der Waals surface area contributed by atoms with Crippen molar-refractivity contribution in [3.63, 3.8) is 0 Å². The highest BCUT2D eigenvalue weighted by Gasteiger charge is 2.64. The lowest BCUT2D eigenvalue weighted by Crippen LogP contribution is -2.51. The smallest absolute Gasteiger partial charge is 0.330 e. The van der Waals surface area contributed by atoms with Gasteiger partial charge in [-0.1, -0.05) is 27.4 Å². The molecule has 0 aromatic heterocycles. The van der Waals surface area contributed by atoms with Gasteiger partial charge in [-0.3, -0.25) is 0 Å². The van der Waals surface area contributed by atoms with Crippen molar-refractivity contribution in [1.82, 2.24) is 0 Å². The van der Waals surface area contributed by atoms with Crippen LogP contribution in [0.1, 0.15) is 66.2 Å². The Bertz CT molecular complexity index is 466. The Morgan fingerprint density at radius 3 is 2.48 bits per heavy atom. The summed E-state index contributed by atoms with van der Waals surface area (Å²) in [5.41, 5.74) is 0.441. The van der Waals surface area contributed by atoms with Crippen LogP contribution in [0.25, 0.3) is 0 Å². The Morgan fingerprint density at radius 1 is 1.10 bits per heavy atom. The SMILES string of the molecule is C=CC(=O)OC1(C)CCC23CCC1C(C)(C)C2CCC3C. The van der Waals surface area contributed by atoms with Crippen molar-refractivity contribution < 1.29 is 9.53 Å². The van der Waals surface area contributed by atoms with Crippen molar-refractivity contribution in [2.45, 2.75) is 71.8 Å². The van der Waals surface area contributed by atoms with Crippen molar-refractivity contribution in [2.24, 2.45) is 28.6 Å². The third-order valence-electron chi connectivity index (χ3n) is 7.58. The fraction of sp³-hybridized carbons (Fsp3) is 0.842. The number of hydrogen-bond acceptors (Lipinski definition) is 2. The molecule has 0 N–H and O–H groups in total. The summed E-state index contributed by atoms with van der Waals surface area (Å²) in [7, 11) is 0. The van der Waals surface area contributed by atoms with Gasteiger partial charge in [0.15, 0.2) is 0 Å². The molecule has 4 rings (SSSR count). The summed E-state index contributed by atoms with van der Waals surface area (Å²) in [5, 5.41) is 0. The van der Waals surface area contributed by atoms with Crippen LogP contribution in [0, 0.1) is 28.6 Å². The predicted octanol–water partition coefficient (Wildman–Crippen LogP) is 4.74. The number of esters is 1. The monoisotopic (exact) mass is 290 g/mol. The second kappa shape index (κ2) is 4.60. The van der Waals surface area contributed by atoms with Crippen LogP contribution in [0.4, 0.5) is 0 Å². The molecule has 0 amide bonds. The molecule has 2 nitrogen and oxygen atoms in total. The summed E-state index contributed by atoms with van der Waals surface area (Å²) < 4.78 is 5.91. The minimum atomic E-state index is -0.317. The lowest BCUT2D eigenvalue weighted by Gasteiger charge is -2.54. The highest BCUT2D eigenvalue weighted by molar-refractivity contribution is 5.81. The summed E-state index contributed by atoms with van der Waals surface area (Å²) in [5.74, 6) is 1.83. The van der Waals surface area contributed by atoms with Gasteiger partial charge in [0.1, 0.15) is 5.60 Å². The Balaban J connectivity index is 2.01. The molecule has 4 aliphatic carbocycles. The molecule has 0 heterocycles. The quantitative estimate of drug-likeness (QED) is 0.542. The largest absolute Gasteiger partial charge is 0.456 e. The molecular weight excluding hydrogens is 260 g/mol. The molecule has 4 aliphatic rings. The van der Waals surface area contributed by atoms with E-state index in [4.69, 9.17) is 4.74 Å². The Morgan fingerprint density at radius 2 is 1.81 bits per heavy atom. The second-order valence-electron chi connectivity index (χ2n) is 8.61. The van der Waals surface area contributed by atoms with Gasteiger partial charge in [-0.15, -0.1) is 0 Å². The third kappa shape index (κ3) is 1.94. The van der Waals surface area contributed by atoms with Gasteiger partial charge in [-0.05, 0) is 68.1 Å². The van der Waals surface area contributed by atoms with Crippen LogP contribution in [-0.2, 0) is 9.53 Å². The van der Waals surface area contributed by atoms with E-state index in [9.17, 15) is 4.79 Å². The number of carbonyl (C=O) groups is 1. The standard InChI is InChI=1S/C19H30O2/c1-6-16(20)21-18(5)11-12-19-10-9-14(18)17(3,4)15(19)8-7-13(19)2/h6,13-15H,1,7-12H2,2-5H3. The van der Waals surface area contributed by atoms with E-state index in [1.165, 1.54) is 38.2 Å². The van der Waals surface area contributed by atoms with Gasteiger partial charge in [0, 0.05) is 12.0 Å². The predicted molar refractivity (Wildman–Crippen MR) is 84.8 cm³/mol. The molecule has 21 heavy (non-hydrogen) atoms. The van der Waals surface area contributed by atoms with Gasteiger partial charge in [0.2, 0.25) is 0 Å². The lowest BCUT2D eigenvalue weighted by molar-refractivity contribution is -0.168. The average Bonchev–Trinajstić information content (AvgIpc) is 2.63. The zero-order chi connectivity index (χ0) is 15.5. The Hall–Kier alpha value is -0.790. The van der Waals surface area contributed by atoms with Gasteiger partial charge < -0.3 is 4.74 Å². The Kier molecular flexibility index (Phi) is 3.31. The minimum absolute atomic E-state index is 0.255. The number of ether oxygens (including phenoxy) is 1. The van der Waals surface area contributed by atoms with E-state index < -0.39 is 0 Å². The first-order valence-corrected chi connectivity index (χ1v) is 8.62. The number of fused-ring (bicyclic) bond motifs is 3. The molecule has 4 saturated carbocycles. The first-order valence-electron chi connectivity index (χ1n) is 8.62. The molecule has 0 aromatic rings. The molecule has 2 heteroatoms. The van der Waals surface area contributed by atoms with Crippen LogP contribution in [0.3, 0.4) is 0 Å². The summed E-state index contributed by atoms with van der Waals surface area (Å²) in [6.45, 7) is 13.1.